The number of hydrogen-bond acceptors (Lipinski definition) is 7. The molecule has 9 heteroatoms. The predicted octanol–water partition coefficient (Wildman–Crippen LogP) is -1.00. The van der Waals surface area contributed by atoms with E-state index >= 15 is 0 Å². The molecular formula is C15H22N4O5. The van der Waals surface area contributed by atoms with Crippen LogP contribution in [-0.4, -0.2) is 52.7 Å². The minimum Gasteiger partial charge on any atom is -0.480 e. The van der Waals surface area contributed by atoms with Crippen LogP contribution >= 0.6 is 0 Å². The molecule has 2 atom stereocenters. The average molecular weight is 338 g/mol. The van der Waals surface area contributed by atoms with Crippen LogP contribution in [0, 0.1) is 0 Å². The van der Waals surface area contributed by atoms with Crippen LogP contribution in [0.25, 0.3) is 0 Å². The Labute approximate surface area is 138 Å². The van der Waals surface area contributed by atoms with E-state index in [0.717, 1.165) is 11.3 Å². The van der Waals surface area contributed by atoms with Crippen LogP contribution in [0.3, 0.4) is 0 Å². The summed E-state index contributed by atoms with van der Waals surface area (Å²) in [7, 11) is 1.91. The van der Waals surface area contributed by atoms with Crippen molar-refractivity contribution in [1.82, 2.24) is 9.88 Å². The van der Waals surface area contributed by atoms with E-state index in [1.165, 1.54) is 6.07 Å². The standard InChI is InChI=1S/C15H22N4O5/c1-19-6-8-4-10(13(20)18-12(8)7-19)15(23)24-9(5-16)2-3-11(17)14(21)22/h4,9,11H,2-3,5-7,16-17H2,1H3,(H,18,20)(H,21,22)/t9?,11-/m0/s1. The summed E-state index contributed by atoms with van der Waals surface area (Å²) in [6.45, 7) is 1.28. The number of aromatic nitrogens is 1. The maximum absolute atomic E-state index is 12.2. The summed E-state index contributed by atoms with van der Waals surface area (Å²) in [5.41, 5.74) is 12.1. The highest BCUT2D eigenvalue weighted by Crippen LogP contribution is 2.19. The van der Waals surface area contributed by atoms with Gasteiger partial charge in [0.2, 0.25) is 0 Å². The molecule has 1 aromatic heterocycles. The lowest BCUT2D eigenvalue weighted by atomic mass is 10.1. The SMILES string of the molecule is CN1Cc2cc(C(=O)OC(CN)CC[C@H](N)C(=O)O)c(=O)[nH]c2C1. The molecule has 1 aliphatic rings. The Morgan fingerprint density at radius 1 is 1.42 bits per heavy atom. The topological polar surface area (TPSA) is 152 Å². The third kappa shape index (κ3) is 4.19. The molecule has 9 nitrogen and oxygen atoms in total. The number of nitrogens with two attached hydrogens (primary N) is 2. The molecule has 1 aliphatic heterocycles. The number of rotatable bonds is 7. The number of aliphatic carboxylic acids is 1. The van der Waals surface area contributed by atoms with Crippen LogP contribution in [0.5, 0.6) is 0 Å². The number of nitrogens with one attached hydrogen (secondary N) is 1. The van der Waals surface area contributed by atoms with Crippen molar-refractivity contribution in [1.29, 1.82) is 0 Å². The largest absolute Gasteiger partial charge is 0.480 e. The van der Waals surface area contributed by atoms with Crippen molar-refractivity contribution in [3.05, 3.63) is 33.2 Å². The Kier molecular flexibility index (Phi) is 5.71. The molecule has 0 spiro atoms. The molecule has 0 fully saturated rings. The molecule has 0 amide bonds. The van der Waals surface area contributed by atoms with Gasteiger partial charge < -0.3 is 26.3 Å². The molecular weight excluding hydrogens is 316 g/mol. The lowest BCUT2D eigenvalue weighted by molar-refractivity contribution is -0.138. The second-order valence-corrected chi connectivity index (χ2v) is 5.97. The lowest BCUT2D eigenvalue weighted by Gasteiger charge is -2.17. The predicted molar refractivity (Wildman–Crippen MR) is 85.3 cm³/mol. The van der Waals surface area contributed by atoms with Gasteiger partial charge in [0.1, 0.15) is 17.7 Å². The number of H-pyrrole nitrogens is 1. The van der Waals surface area contributed by atoms with E-state index in [4.69, 9.17) is 21.3 Å². The van der Waals surface area contributed by atoms with Crippen LogP contribution in [0.1, 0.15) is 34.5 Å². The fourth-order valence-corrected chi connectivity index (χ4v) is 2.59. The molecule has 6 N–H and O–H groups in total. The zero-order valence-electron chi connectivity index (χ0n) is 13.4. The van der Waals surface area contributed by atoms with Crippen LogP contribution < -0.4 is 17.0 Å². The van der Waals surface area contributed by atoms with Crippen molar-refractivity contribution in [2.24, 2.45) is 11.5 Å². The Bertz CT molecular complexity index is 687. The first kappa shape index (κ1) is 18.1. The van der Waals surface area contributed by atoms with E-state index in [2.05, 4.69) is 4.98 Å². The van der Waals surface area contributed by atoms with E-state index in [9.17, 15) is 14.4 Å². The van der Waals surface area contributed by atoms with E-state index in [1.54, 1.807) is 0 Å². The van der Waals surface area contributed by atoms with Gasteiger partial charge in [0.25, 0.3) is 5.56 Å². The van der Waals surface area contributed by atoms with E-state index in [-0.39, 0.29) is 24.9 Å². The number of hydrogen-bond donors (Lipinski definition) is 4. The van der Waals surface area contributed by atoms with Gasteiger partial charge in [-0.25, -0.2) is 4.79 Å². The highest BCUT2D eigenvalue weighted by molar-refractivity contribution is 5.89. The Hall–Kier alpha value is -2.23. The number of pyridine rings is 1. The average Bonchev–Trinajstić information content (AvgIpc) is 2.88. The van der Waals surface area contributed by atoms with Crippen molar-refractivity contribution in [3.63, 3.8) is 0 Å². The molecule has 2 heterocycles. The fraction of sp³-hybridized carbons (Fsp3) is 0.533. The number of fused-ring (bicyclic) bond motifs is 1. The molecule has 0 saturated carbocycles. The number of carboxylic acids is 1. The molecule has 0 aromatic carbocycles. The Balaban J connectivity index is 2.05. The normalized spacial score (nSPS) is 16.5. The monoisotopic (exact) mass is 338 g/mol. The first-order valence-corrected chi connectivity index (χ1v) is 7.64. The van der Waals surface area contributed by atoms with Gasteiger partial charge >= 0.3 is 11.9 Å². The van der Waals surface area contributed by atoms with Crippen molar-refractivity contribution < 1.29 is 19.4 Å². The summed E-state index contributed by atoms with van der Waals surface area (Å²) in [4.78, 5) is 39.7. The zero-order valence-corrected chi connectivity index (χ0v) is 13.4. The second kappa shape index (κ2) is 7.56. The Morgan fingerprint density at radius 3 is 2.75 bits per heavy atom. The summed E-state index contributed by atoms with van der Waals surface area (Å²) in [5.74, 6) is -1.90. The van der Waals surface area contributed by atoms with Gasteiger partial charge in [-0.1, -0.05) is 0 Å². The molecule has 1 aromatic rings. The molecule has 0 aliphatic carbocycles. The number of ether oxygens (including phenoxy) is 1. The van der Waals surface area contributed by atoms with Gasteiger partial charge in [-0.3, -0.25) is 14.5 Å². The molecule has 2 rings (SSSR count). The maximum Gasteiger partial charge on any atom is 0.344 e. The van der Waals surface area contributed by atoms with Crippen molar-refractivity contribution in [2.45, 2.75) is 38.1 Å². The molecule has 0 radical (unpaired) electrons. The summed E-state index contributed by atoms with van der Waals surface area (Å²) in [6, 6.07) is 0.494. The van der Waals surface area contributed by atoms with Crippen LogP contribution in [0.2, 0.25) is 0 Å². The number of carbonyl (C=O) groups excluding carboxylic acids is 1. The quantitative estimate of drug-likeness (QED) is 0.462. The van der Waals surface area contributed by atoms with Gasteiger partial charge in [-0.05, 0) is 31.5 Å². The van der Waals surface area contributed by atoms with Crippen LogP contribution in [-0.2, 0) is 22.6 Å². The van der Waals surface area contributed by atoms with Gasteiger partial charge in [0, 0.05) is 25.3 Å². The Morgan fingerprint density at radius 2 is 2.12 bits per heavy atom. The van der Waals surface area contributed by atoms with Crippen molar-refractivity contribution in [3.8, 4) is 0 Å². The smallest absolute Gasteiger partial charge is 0.344 e. The molecule has 24 heavy (non-hydrogen) atoms. The lowest BCUT2D eigenvalue weighted by Crippen LogP contribution is -2.34. The summed E-state index contributed by atoms with van der Waals surface area (Å²) < 4.78 is 5.24. The van der Waals surface area contributed by atoms with Crippen molar-refractivity contribution in [2.75, 3.05) is 13.6 Å². The van der Waals surface area contributed by atoms with Crippen molar-refractivity contribution >= 4 is 11.9 Å². The van der Waals surface area contributed by atoms with Gasteiger partial charge in [-0.15, -0.1) is 0 Å². The number of carboxylic acid groups (broad SMARTS) is 1. The molecule has 1 unspecified atom stereocenters. The first-order valence-electron chi connectivity index (χ1n) is 7.64. The number of esters is 1. The van der Waals surface area contributed by atoms with E-state index in [1.807, 2.05) is 11.9 Å². The fourth-order valence-electron chi connectivity index (χ4n) is 2.59. The highest BCUT2D eigenvalue weighted by atomic mass is 16.5. The number of carbonyl (C=O) groups is 2. The minimum atomic E-state index is -1.13. The van der Waals surface area contributed by atoms with Gasteiger partial charge in [0.15, 0.2) is 0 Å². The maximum atomic E-state index is 12.2. The highest BCUT2D eigenvalue weighted by Gasteiger charge is 2.24. The van der Waals surface area contributed by atoms with Crippen LogP contribution in [0.15, 0.2) is 10.9 Å². The summed E-state index contributed by atoms with van der Waals surface area (Å²) in [6.07, 6.45) is -0.366. The second-order valence-electron chi connectivity index (χ2n) is 5.97. The van der Waals surface area contributed by atoms with Crippen LogP contribution in [0.4, 0.5) is 0 Å². The molecule has 132 valence electrons. The zero-order chi connectivity index (χ0) is 17.9. The molecule has 0 bridgehead atoms. The summed E-state index contributed by atoms with van der Waals surface area (Å²) in [5, 5.41) is 8.76. The van der Waals surface area contributed by atoms with Gasteiger partial charge in [-0.2, -0.15) is 0 Å². The first-order chi connectivity index (χ1) is 11.3. The third-order valence-electron chi connectivity index (χ3n) is 3.96. The summed E-state index contributed by atoms with van der Waals surface area (Å²) >= 11 is 0. The minimum absolute atomic E-state index is 0.0175. The molecule has 0 saturated heterocycles. The number of aromatic amines is 1. The van der Waals surface area contributed by atoms with E-state index < -0.39 is 29.6 Å². The third-order valence-corrected chi connectivity index (χ3v) is 3.96. The van der Waals surface area contributed by atoms with E-state index in [0.29, 0.717) is 13.1 Å². The van der Waals surface area contributed by atoms with Gasteiger partial charge in [0.05, 0.1) is 0 Å². The number of nitrogens with zero attached hydrogens (tertiary/aromatic N) is 1.